The molecule has 0 aliphatic heterocycles. The number of Topliss-reactive ketones (excluding diaryl/α,β-unsaturated/α-hetero) is 1. The zero-order valence-corrected chi connectivity index (χ0v) is 10.6. The van der Waals surface area contributed by atoms with E-state index in [2.05, 4.69) is 5.32 Å². The molecule has 0 aromatic heterocycles. The average Bonchev–Trinajstić information content (AvgIpc) is 2.38. The summed E-state index contributed by atoms with van der Waals surface area (Å²) in [4.78, 5) is 22.8. The second-order valence-corrected chi connectivity index (χ2v) is 4.43. The molecule has 4 heteroatoms. The lowest BCUT2D eigenvalue weighted by atomic mass is 10.1. The maximum atomic E-state index is 11.7. The number of hydrogen-bond donors (Lipinski definition) is 1. The Morgan fingerprint density at radius 2 is 1.78 bits per heavy atom. The van der Waals surface area contributed by atoms with Crippen molar-refractivity contribution in [3.63, 3.8) is 0 Å². The molecular formula is C14H12ClNO2. The van der Waals surface area contributed by atoms with E-state index in [9.17, 15) is 9.59 Å². The number of nitrogens with one attached hydrogen (secondary N) is 1. The van der Waals surface area contributed by atoms with E-state index in [1.807, 2.05) is 36.4 Å². The van der Waals surface area contributed by atoms with E-state index in [0.29, 0.717) is 5.69 Å². The Hall–Kier alpha value is -1.87. The summed E-state index contributed by atoms with van der Waals surface area (Å²) in [5.41, 5.74) is 0.657. The number of rotatable bonds is 3. The zero-order valence-electron chi connectivity index (χ0n) is 9.81. The quantitative estimate of drug-likeness (QED) is 0.682. The van der Waals surface area contributed by atoms with Gasteiger partial charge in [-0.3, -0.25) is 9.59 Å². The summed E-state index contributed by atoms with van der Waals surface area (Å²) in [6.07, 6.45) is 0. The molecule has 18 heavy (non-hydrogen) atoms. The summed E-state index contributed by atoms with van der Waals surface area (Å²) in [5.74, 6) is -0.866. The summed E-state index contributed by atoms with van der Waals surface area (Å²) < 4.78 is 0. The molecule has 0 fully saturated rings. The Bertz CT molecular complexity index is 604. The van der Waals surface area contributed by atoms with Crippen LogP contribution in [0.3, 0.4) is 0 Å². The van der Waals surface area contributed by atoms with E-state index in [1.165, 1.54) is 6.92 Å². The molecule has 3 nitrogen and oxygen atoms in total. The van der Waals surface area contributed by atoms with Crippen LogP contribution in [-0.4, -0.2) is 17.1 Å². The van der Waals surface area contributed by atoms with Gasteiger partial charge in [0.25, 0.3) is 0 Å². The lowest BCUT2D eigenvalue weighted by Crippen LogP contribution is -2.28. The van der Waals surface area contributed by atoms with Crippen LogP contribution in [0.4, 0.5) is 5.69 Å². The Labute approximate surface area is 110 Å². The minimum Gasteiger partial charge on any atom is -0.324 e. The fourth-order valence-corrected chi connectivity index (χ4v) is 1.77. The SMILES string of the molecule is CC(=O)C(Cl)C(=O)Nc1cccc2ccccc12. The number of halogens is 1. The third-order valence-corrected chi connectivity index (χ3v) is 3.14. The predicted octanol–water partition coefficient (Wildman–Crippen LogP) is 2.97. The van der Waals surface area contributed by atoms with Crippen molar-refractivity contribution in [2.24, 2.45) is 0 Å². The van der Waals surface area contributed by atoms with Crippen molar-refractivity contribution in [2.75, 3.05) is 5.32 Å². The van der Waals surface area contributed by atoms with Crippen molar-refractivity contribution in [1.29, 1.82) is 0 Å². The van der Waals surface area contributed by atoms with E-state index in [0.717, 1.165) is 10.8 Å². The van der Waals surface area contributed by atoms with Gasteiger partial charge in [0.1, 0.15) is 0 Å². The topological polar surface area (TPSA) is 46.2 Å². The summed E-state index contributed by atoms with van der Waals surface area (Å²) in [6, 6.07) is 13.2. The smallest absolute Gasteiger partial charge is 0.250 e. The van der Waals surface area contributed by atoms with Crippen molar-refractivity contribution < 1.29 is 9.59 Å². The summed E-state index contributed by atoms with van der Waals surface area (Å²) in [6.45, 7) is 1.29. The first-order valence-electron chi connectivity index (χ1n) is 5.53. The van der Waals surface area contributed by atoms with Crippen molar-refractivity contribution in [3.05, 3.63) is 42.5 Å². The third-order valence-electron chi connectivity index (χ3n) is 2.63. The van der Waals surface area contributed by atoms with Gasteiger partial charge in [0, 0.05) is 11.1 Å². The number of alkyl halides is 1. The largest absolute Gasteiger partial charge is 0.324 e. The summed E-state index contributed by atoms with van der Waals surface area (Å²) >= 11 is 5.71. The van der Waals surface area contributed by atoms with E-state index < -0.39 is 11.3 Å². The second kappa shape index (κ2) is 5.19. The third kappa shape index (κ3) is 2.51. The van der Waals surface area contributed by atoms with Crippen molar-refractivity contribution >= 4 is 39.8 Å². The number of anilines is 1. The Morgan fingerprint density at radius 3 is 2.50 bits per heavy atom. The molecule has 0 saturated carbocycles. The lowest BCUT2D eigenvalue weighted by Gasteiger charge is -2.10. The molecule has 2 rings (SSSR count). The van der Waals surface area contributed by atoms with Crippen LogP contribution in [-0.2, 0) is 9.59 Å². The molecule has 92 valence electrons. The van der Waals surface area contributed by atoms with Crippen LogP contribution in [0.15, 0.2) is 42.5 Å². The molecule has 2 aromatic carbocycles. The maximum Gasteiger partial charge on any atom is 0.250 e. The predicted molar refractivity (Wildman–Crippen MR) is 72.9 cm³/mol. The van der Waals surface area contributed by atoms with Crippen LogP contribution in [0.2, 0.25) is 0 Å². The number of hydrogen-bond acceptors (Lipinski definition) is 2. The first-order valence-corrected chi connectivity index (χ1v) is 5.96. The van der Waals surface area contributed by atoms with Gasteiger partial charge in [-0.15, -0.1) is 11.6 Å². The molecule has 1 amide bonds. The standard InChI is InChI=1S/C14H12ClNO2/c1-9(17)13(15)14(18)16-12-8-4-6-10-5-2-3-7-11(10)12/h2-8,13H,1H3,(H,16,18). The van der Waals surface area contributed by atoms with Crippen LogP contribution in [0.1, 0.15) is 6.92 Å². The number of fused-ring (bicyclic) bond motifs is 1. The van der Waals surface area contributed by atoms with Crippen LogP contribution >= 0.6 is 11.6 Å². The highest BCUT2D eigenvalue weighted by molar-refractivity contribution is 6.43. The van der Waals surface area contributed by atoms with E-state index in [4.69, 9.17) is 11.6 Å². The molecular weight excluding hydrogens is 250 g/mol. The Kier molecular flexibility index (Phi) is 3.63. The van der Waals surface area contributed by atoms with Crippen LogP contribution in [0.5, 0.6) is 0 Å². The van der Waals surface area contributed by atoms with Gasteiger partial charge in [-0.25, -0.2) is 0 Å². The van der Waals surface area contributed by atoms with Crippen LogP contribution in [0.25, 0.3) is 10.8 Å². The molecule has 0 radical (unpaired) electrons. The fraction of sp³-hybridized carbons (Fsp3) is 0.143. The molecule has 1 N–H and O–H groups in total. The number of benzene rings is 2. The molecule has 1 unspecified atom stereocenters. The van der Waals surface area contributed by atoms with Gasteiger partial charge < -0.3 is 5.32 Å². The van der Waals surface area contributed by atoms with Gasteiger partial charge in [-0.2, -0.15) is 0 Å². The van der Waals surface area contributed by atoms with Crippen molar-refractivity contribution in [2.45, 2.75) is 12.3 Å². The monoisotopic (exact) mass is 261 g/mol. The number of carbonyl (C=O) groups excluding carboxylic acids is 2. The Morgan fingerprint density at radius 1 is 1.11 bits per heavy atom. The highest BCUT2D eigenvalue weighted by Gasteiger charge is 2.20. The normalized spacial score (nSPS) is 12.1. The highest BCUT2D eigenvalue weighted by Crippen LogP contribution is 2.23. The molecule has 0 bridgehead atoms. The van der Waals surface area contributed by atoms with E-state index >= 15 is 0 Å². The van der Waals surface area contributed by atoms with Gasteiger partial charge in [0.15, 0.2) is 11.2 Å². The molecule has 0 aliphatic rings. The van der Waals surface area contributed by atoms with E-state index in [-0.39, 0.29) is 5.78 Å². The first-order chi connectivity index (χ1) is 8.59. The Balaban J connectivity index is 2.32. The van der Waals surface area contributed by atoms with Gasteiger partial charge in [-0.05, 0) is 18.4 Å². The van der Waals surface area contributed by atoms with Crippen LogP contribution < -0.4 is 5.32 Å². The minimum atomic E-state index is -1.15. The molecule has 1 atom stereocenters. The molecule has 0 heterocycles. The summed E-state index contributed by atoms with van der Waals surface area (Å²) in [5, 5.41) is 3.46. The maximum absolute atomic E-state index is 11.7. The average molecular weight is 262 g/mol. The minimum absolute atomic E-state index is 0.366. The van der Waals surface area contributed by atoms with Gasteiger partial charge in [0.2, 0.25) is 5.91 Å². The molecule has 0 aliphatic carbocycles. The van der Waals surface area contributed by atoms with Gasteiger partial charge in [0.05, 0.1) is 0 Å². The number of carbonyl (C=O) groups is 2. The lowest BCUT2D eigenvalue weighted by molar-refractivity contribution is -0.123. The zero-order chi connectivity index (χ0) is 13.1. The van der Waals surface area contributed by atoms with Crippen LogP contribution in [0, 0.1) is 0 Å². The highest BCUT2D eigenvalue weighted by atomic mass is 35.5. The van der Waals surface area contributed by atoms with Crippen molar-refractivity contribution in [3.8, 4) is 0 Å². The number of amides is 1. The van der Waals surface area contributed by atoms with E-state index in [1.54, 1.807) is 6.07 Å². The fourth-order valence-electron chi connectivity index (χ4n) is 1.72. The van der Waals surface area contributed by atoms with Crippen molar-refractivity contribution in [1.82, 2.24) is 0 Å². The van der Waals surface area contributed by atoms with Gasteiger partial charge in [-0.1, -0.05) is 36.4 Å². The summed E-state index contributed by atoms with van der Waals surface area (Å²) in [7, 11) is 0. The number of ketones is 1. The molecule has 2 aromatic rings. The second-order valence-electron chi connectivity index (χ2n) is 3.99. The molecule has 0 spiro atoms. The van der Waals surface area contributed by atoms with Gasteiger partial charge >= 0.3 is 0 Å². The first kappa shape index (κ1) is 12.6. The molecule has 0 saturated heterocycles.